The number of benzene rings is 1. The van der Waals surface area contributed by atoms with Crippen LogP contribution in [0.15, 0.2) is 42.1 Å². The van der Waals surface area contributed by atoms with E-state index >= 15 is 0 Å². The molecule has 0 saturated heterocycles. The van der Waals surface area contributed by atoms with E-state index in [4.69, 9.17) is 0 Å². The summed E-state index contributed by atoms with van der Waals surface area (Å²) in [6.45, 7) is 5.44. The number of hydrogen-bond acceptors (Lipinski definition) is 2. The molecule has 0 aliphatic carbocycles. The first kappa shape index (κ1) is 14.8. The van der Waals surface area contributed by atoms with Crippen LogP contribution in [0.1, 0.15) is 57.6 Å². The molecule has 0 N–H and O–H groups in total. The molecule has 2 rings (SSSR count). The van der Waals surface area contributed by atoms with Gasteiger partial charge in [0.25, 0.3) is 0 Å². The minimum absolute atomic E-state index is 0.224. The number of allylic oxidation sites excluding steroid dienone is 2. The fraction of sp³-hybridized carbons (Fsp3) is 0.500. The molecule has 1 unspecified atom stereocenters. The number of unbranched alkanes of at least 4 members (excludes halogenated alkanes) is 1. The van der Waals surface area contributed by atoms with Crippen LogP contribution in [0, 0.1) is 0 Å². The first-order chi connectivity index (χ1) is 9.76. The predicted octanol–water partition coefficient (Wildman–Crippen LogP) is 4.49. The molecule has 1 aliphatic heterocycles. The van der Waals surface area contributed by atoms with Crippen molar-refractivity contribution in [3.05, 3.63) is 47.7 Å². The average Bonchev–Trinajstić information content (AvgIpc) is 2.47. The average molecular weight is 271 g/mol. The van der Waals surface area contributed by atoms with E-state index < -0.39 is 0 Å². The summed E-state index contributed by atoms with van der Waals surface area (Å²) in [5, 5.41) is 0. The van der Waals surface area contributed by atoms with Crippen LogP contribution in [0.5, 0.6) is 0 Å². The third-order valence-corrected chi connectivity index (χ3v) is 3.91. The maximum absolute atomic E-state index is 12.0. The zero-order valence-electron chi connectivity index (χ0n) is 12.6. The molecule has 0 aromatic heterocycles. The quantitative estimate of drug-likeness (QED) is 0.760. The summed E-state index contributed by atoms with van der Waals surface area (Å²) in [4.78, 5) is 14.5. The van der Waals surface area contributed by atoms with Crippen LogP contribution < -0.4 is 0 Å². The van der Waals surface area contributed by atoms with Crippen LogP contribution >= 0.6 is 0 Å². The normalized spacial score (nSPS) is 19.1. The van der Waals surface area contributed by atoms with Crippen molar-refractivity contribution in [2.75, 3.05) is 6.54 Å². The van der Waals surface area contributed by atoms with Crippen molar-refractivity contribution in [1.29, 1.82) is 0 Å². The SMILES string of the molecule is CCCCN1C(CCC)=CC(=O)CC1c1ccccc1. The number of carbonyl (C=O) groups excluding carboxylic acids is 1. The minimum Gasteiger partial charge on any atom is -0.367 e. The molecule has 108 valence electrons. The maximum Gasteiger partial charge on any atom is 0.159 e. The Labute approximate surface area is 122 Å². The molecule has 0 spiro atoms. The van der Waals surface area contributed by atoms with Gasteiger partial charge in [0, 0.05) is 24.7 Å². The maximum atomic E-state index is 12.0. The molecule has 2 heteroatoms. The van der Waals surface area contributed by atoms with Crippen LogP contribution in [-0.2, 0) is 4.79 Å². The van der Waals surface area contributed by atoms with Crippen molar-refractivity contribution < 1.29 is 4.79 Å². The van der Waals surface area contributed by atoms with Crippen molar-refractivity contribution in [3.8, 4) is 0 Å². The van der Waals surface area contributed by atoms with Crippen LogP contribution in [-0.4, -0.2) is 17.2 Å². The van der Waals surface area contributed by atoms with E-state index in [1.807, 2.05) is 12.1 Å². The van der Waals surface area contributed by atoms with Gasteiger partial charge in [-0.05, 0) is 18.4 Å². The van der Waals surface area contributed by atoms with E-state index in [9.17, 15) is 4.79 Å². The van der Waals surface area contributed by atoms with Gasteiger partial charge >= 0.3 is 0 Å². The van der Waals surface area contributed by atoms with Gasteiger partial charge in [0.15, 0.2) is 5.78 Å². The number of hydrogen-bond donors (Lipinski definition) is 0. The van der Waals surface area contributed by atoms with E-state index in [1.165, 1.54) is 24.1 Å². The van der Waals surface area contributed by atoms with E-state index in [1.54, 1.807) is 0 Å². The summed E-state index contributed by atoms with van der Waals surface area (Å²) in [5.41, 5.74) is 2.49. The fourth-order valence-corrected chi connectivity index (χ4v) is 2.90. The first-order valence-corrected chi connectivity index (χ1v) is 7.81. The van der Waals surface area contributed by atoms with Crippen molar-refractivity contribution >= 4 is 5.78 Å². The second-order valence-corrected chi connectivity index (χ2v) is 5.53. The third kappa shape index (κ3) is 3.50. The molecular weight excluding hydrogens is 246 g/mol. The van der Waals surface area contributed by atoms with Gasteiger partial charge < -0.3 is 4.90 Å². The zero-order chi connectivity index (χ0) is 14.4. The lowest BCUT2D eigenvalue weighted by Gasteiger charge is -2.38. The van der Waals surface area contributed by atoms with Crippen molar-refractivity contribution in [3.63, 3.8) is 0 Å². The first-order valence-electron chi connectivity index (χ1n) is 7.81. The highest BCUT2D eigenvalue weighted by Gasteiger charge is 2.28. The summed E-state index contributed by atoms with van der Waals surface area (Å²) in [6.07, 6.45) is 6.94. The highest BCUT2D eigenvalue weighted by Crippen LogP contribution is 2.33. The largest absolute Gasteiger partial charge is 0.367 e. The Hall–Kier alpha value is -1.57. The molecule has 1 aromatic carbocycles. The number of nitrogens with zero attached hydrogens (tertiary/aromatic N) is 1. The monoisotopic (exact) mass is 271 g/mol. The van der Waals surface area contributed by atoms with Crippen LogP contribution in [0.4, 0.5) is 0 Å². The molecule has 0 fully saturated rings. The lowest BCUT2D eigenvalue weighted by atomic mass is 9.93. The molecule has 1 aromatic rings. The van der Waals surface area contributed by atoms with Gasteiger partial charge in [-0.3, -0.25) is 4.79 Å². The van der Waals surface area contributed by atoms with Gasteiger partial charge in [-0.2, -0.15) is 0 Å². The molecule has 1 atom stereocenters. The lowest BCUT2D eigenvalue weighted by molar-refractivity contribution is -0.116. The van der Waals surface area contributed by atoms with Crippen molar-refractivity contribution in [2.24, 2.45) is 0 Å². The Bertz CT molecular complexity index is 464. The molecule has 0 radical (unpaired) electrons. The van der Waals surface area contributed by atoms with Crippen molar-refractivity contribution in [2.45, 2.75) is 52.0 Å². The summed E-state index contributed by atoms with van der Waals surface area (Å²) in [6, 6.07) is 10.7. The third-order valence-electron chi connectivity index (χ3n) is 3.91. The molecular formula is C18H25NO. The molecule has 20 heavy (non-hydrogen) atoms. The van der Waals surface area contributed by atoms with Crippen LogP contribution in [0.2, 0.25) is 0 Å². The van der Waals surface area contributed by atoms with Gasteiger partial charge in [-0.1, -0.05) is 57.0 Å². The Balaban J connectivity index is 2.28. The predicted molar refractivity (Wildman–Crippen MR) is 83.4 cm³/mol. The van der Waals surface area contributed by atoms with Gasteiger partial charge in [-0.15, -0.1) is 0 Å². The highest BCUT2D eigenvalue weighted by molar-refractivity contribution is 5.91. The summed E-state index contributed by atoms with van der Waals surface area (Å²) >= 11 is 0. The van der Waals surface area contributed by atoms with Gasteiger partial charge in [0.2, 0.25) is 0 Å². The van der Waals surface area contributed by atoms with Gasteiger partial charge in [0.1, 0.15) is 0 Å². The number of ketones is 1. The van der Waals surface area contributed by atoms with E-state index in [-0.39, 0.29) is 11.8 Å². The van der Waals surface area contributed by atoms with Gasteiger partial charge in [-0.25, -0.2) is 0 Å². The summed E-state index contributed by atoms with van der Waals surface area (Å²) in [5.74, 6) is 0.273. The molecule has 2 nitrogen and oxygen atoms in total. The number of rotatable bonds is 6. The Morgan fingerprint density at radius 1 is 1.15 bits per heavy atom. The standard InChI is InChI=1S/C18H25NO/c1-3-5-12-19-16(9-4-2)13-17(20)14-18(19)15-10-7-6-8-11-15/h6-8,10-11,13,18H,3-5,9,12,14H2,1-2H3. The van der Waals surface area contributed by atoms with E-state index in [2.05, 4.69) is 43.0 Å². The zero-order valence-corrected chi connectivity index (χ0v) is 12.6. The van der Waals surface area contributed by atoms with E-state index in [0.29, 0.717) is 6.42 Å². The van der Waals surface area contributed by atoms with Crippen LogP contribution in [0.3, 0.4) is 0 Å². The highest BCUT2D eigenvalue weighted by atomic mass is 16.1. The van der Waals surface area contributed by atoms with Gasteiger partial charge in [0.05, 0.1) is 6.04 Å². The molecule has 0 saturated carbocycles. The number of carbonyl (C=O) groups is 1. The second-order valence-electron chi connectivity index (χ2n) is 5.53. The summed E-state index contributed by atoms with van der Waals surface area (Å²) in [7, 11) is 0. The lowest BCUT2D eigenvalue weighted by Crippen LogP contribution is -2.34. The molecule has 1 heterocycles. The topological polar surface area (TPSA) is 20.3 Å². The molecule has 0 bridgehead atoms. The summed E-state index contributed by atoms with van der Waals surface area (Å²) < 4.78 is 0. The smallest absolute Gasteiger partial charge is 0.159 e. The fourth-order valence-electron chi connectivity index (χ4n) is 2.90. The molecule has 0 amide bonds. The Morgan fingerprint density at radius 2 is 1.90 bits per heavy atom. The van der Waals surface area contributed by atoms with E-state index in [0.717, 1.165) is 19.4 Å². The second kappa shape index (κ2) is 7.28. The molecule has 1 aliphatic rings. The Kier molecular flexibility index (Phi) is 5.40. The minimum atomic E-state index is 0.224. The van der Waals surface area contributed by atoms with Crippen molar-refractivity contribution in [1.82, 2.24) is 4.90 Å². The van der Waals surface area contributed by atoms with Crippen LogP contribution in [0.25, 0.3) is 0 Å². The Morgan fingerprint density at radius 3 is 2.55 bits per heavy atom.